The van der Waals surface area contributed by atoms with Gasteiger partial charge in [-0.2, -0.15) is 0 Å². The van der Waals surface area contributed by atoms with Crippen molar-refractivity contribution in [2.45, 2.75) is 52.0 Å². The normalized spacial score (nSPS) is 20.2. The molecule has 0 saturated carbocycles. The Hall–Kier alpha value is -1.56. The van der Waals surface area contributed by atoms with Crippen LogP contribution in [0.25, 0.3) is 0 Å². The van der Waals surface area contributed by atoms with Crippen molar-refractivity contribution in [2.75, 3.05) is 39.3 Å². The van der Waals surface area contributed by atoms with Crippen LogP contribution >= 0.6 is 0 Å². The molecule has 2 aliphatic rings. The highest BCUT2D eigenvalue weighted by Crippen LogP contribution is 2.19. The summed E-state index contributed by atoms with van der Waals surface area (Å²) in [5.74, 6) is 0.0796. The number of piperazine rings is 1. The number of carbonyl (C=O) groups excluding carboxylic acids is 2. The number of ether oxygens (including phenoxy) is 1. The molecule has 1 aliphatic heterocycles. The monoisotopic (exact) mass is 337 g/mol. The standard InChI is InChI=1S/C18H31N3O3/c1-3-24-18(23)21-13-11-20(12-14-21)15(2)17(22)19-10-9-16-7-5-4-6-8-16/h7,15H,3-6,8-14H2,1-2H3,(H,19,22). The van der Waals surface area contributed by atoms with Gasteiger partial charge in [-0.25, -0.2) is 4.79 Å². The van der Waals surface area contributed by atoms with Crippen LogP contribution < -0.4 is 5.32 Å². The molecule has 0 aromatic rings. The summed E-state index contributed by atoms with van der Waals surface area (Å²) < 4.78 is 5.02. The van der Waals surface area contributed by atoms with Gasteiger partial charge in [-0.15, -0.1) is 0 Å². The van der Waals surface area contributed by atoms with Gasteiger partial charge >= 0.3 is 6.09 Å². The van der Waals surface area contributed by atoms with Crippen LogP contribution in [0.1, 0.15) is 46.0 Å². The summed E-state index contributed by atoms with van der Waals surface area (Å²) in [6, 6.07) is -0.158. The van der Waals surface area contributed by atoms with E-state index in [9.17, 15) is 9.59 Å². The molecule has 1 unspecified atom stereocenters. The lowest BCUT2D eigenvalue weighted by Crippen LogP contribution is -2.55. The quantitative estimate of drug-likeness (QED) is 0.755. The summed E-state index contributed by atoms with van der Waals surface area (Å²) in [4.78, 5) is 27.9. The molecule has 0 spiro atoms. The summed E-state index contributed by atoms with van der Waals surface area (Å²) in [5.41, 5.74) is 1.48. The second-order valence-corrected chi connectivity index (χ2v) is 6.55. The molecule has 2 amide bonds. The Balaban J connectivity index is 1.67. The fourth-order valence-corrected chi connectivity index (χ4v) is 3.30. The average Bonchev–Trinajstić information content (AvgIpc) is 2.62. The highest BCUT2D eigenvalue weighted by Gasteiger charge is 2.27. The molecule has 136 valence electrons. The molecule has 6 heteroatoms. The molecule has 0 bridgehead atoms. The van der Waals surface area contributed by atoms with Gasteiger partial charge in [0.25, 0.3) is 0 Å². The fraction of sp³-hybridized carbons (Fsp3) is 0.778. The van der Waals surface area contributed by atoms with E-state index in [4.69, 9.17) is 4.74 Å². The van der Waals surface area contributed by atoms with E-state index in [-0.39, 0.29) is 18.0 Å². The van der Waals surface area contributed by atoms with Crippen LogP contribution in [0.3, 0.4) is 0 Å². The molecule has 1 aliphatic carbocycles. The molecule has 1 saturated heterocycles. The van der Waals surface area contributed by atoms with Gasteiger partial charge in [0.2, 0.25) is 5.91 Å². The molecular formula is C18H31N3O3. The minimum Gasteiger partial charge on any atom is -0.450 e. The van der Waals surface area contributed by atoms with Crippen LogP contribution in [-0.2, 0) is 9.53 Å². The van der Waals surface area contributed by atoms with Crippen LogP contribution in [0, 0.1) is 0 Å². The van der Waals surface area contributed by atoms with E-state index in [1.807, 2.05) is 13.8 Å². The van der Waals surface area contributed by atoms with E-state index in [2.05, 4.69) is 16.3 Å². The lowest BCUT2D eigenvalue weighted by molar-refractivity contribution is -0.126. The molecule has 1 heterocycles. The van der Waals surface area contributed by atoms with Gasteiger partial charge in [0, 0.05) is 32.7 Å². The van der Waals surface area contributed by atoms with Crippen molar-refractivity contribution in [2.24, 2.45) is 0 Å². The summed E-state index contributed by atoms with van der Waals surface area (Å²) in [6.07, 6.45) is 7.98. The number of rotatable bonds is 6. The molecule has 6 nitrogen and oxygen atoms in total. The van der Waals surface area contributed by atoms with Crippen LogP contribution in [-0.4, -0.2) is 67.2 Å². The van der Waals surface area contributed by atoms with Crippen molar-refractivity contribution in [1.82, 2.24) is 15.1 Å². The van der Waals surface area contributed by atoms with Crippen LogP contribution in [0.15, 0.2) is 11.6 Å². The molecule has 1 N–H and O–H groups in total. The lowest BCUT2D eigenvalue weighted by Gasteiger charge is -2.36. The second-order valence-electron chi connectivity index (χ2n) is 6.55. The minimum absolute atomic E-state index is 0.0796. The number of hydrogen-bond acceptors (Lipinski definition) is 4. The third-order valence-corrected chi connectivity index (χ3v) is 4.90. The largest absolute Gasteiger partial charge is 0.450 e. The molecule has 1 atom stereocenters. The Morgan fingerprint density at radius 2 is 2.00 bits per heavy atom. The van der Waals surface area contributed by atoms with Gasteiger partial charge in [-0.05, 0) is 46.0 Å². The summed E-state index contributed by atoms with van der Waals surface area (Å²) in [6.45, 7) is 7.51. The number of amides is 2. The Kier molecular flexibility index (Phi) is 7.56. The number of nitrogens with zero attached hydrogens (tertiary/aromatic N) is 2. The summed E-state index contributed by atoms with van der Waals surface area (Å²) in [5, 5.41) is 3.05. The van der Waals surface area contributed by atoms with E-state index >= 15 is 0 Å². The maximum absolute atomic E-state index is 12.3. The van der Waals surface area contributed by atoms with Crippen molar-refractivity contribution >= 4 is 12.0 Å². The first-order chi connectivity index (χ1) is 11.6. The third kappa shape index (κ3) is 5.51. The van der Waals surface area contributed by atoms with Crippen molar-refractivity contribution in [1.29, 1.82) is 0 Å². The number of allylic oxidation sites excluding steroid dienone is 1. The Labute approximate surface area is 145 Å². The zero-order chi connectivity index (χ0) is 17.4. The first-order valence-corrected chi connectivity index (χ1v) is 9.23. The SMILES string of the molecule is CCOC(=O)N1CCN(C(C)C(=O)NCCC2=CCCCC2)CC1. The predicted octanol–water partition coefficient (Wildman–Crippen LogP) is 2.16. The first-order valence-electron chi connectivity index (χ1n) is 9.23. The van der Waals surface area contributed by atoms with E-state index < -0.39 is 0 Å². The lowest BCUT2D eigenvalue weighted by atomic mass is 9.97. The van der Waals surface area contributed by atoms with Gasteiger partial charge in [0.05, 0.1) is 12.6 Å². The van der Waals surface area contributed by atoms with Crippen molar-refractivity contribution in [3.05, 3.63) is 11.6 Å². The zero-order valence-corrected chi connectivity index (χ0v) is 15.1. The Morgan fingerprint density at radius 1 is 1.25 bits per heavy atom. The van der Waals surface area contributed by atoms with Crippen LogP contribution in [0.5, 0.6) is 0 Å². The van der Waals surface area contributed by atoms with Gasteiger partial charge in [0.15, 0.2) is 0 Å². The van der Waals surface area contributed by atoms with Gasteiger partial charge in [-0.3, -0.25) is 9.69 Å². The van der Waals surface area contributed by atoms with Crippen molar-refractivity contribution in [3.63, 3.8) is 0 Å². The Bertz CT molecular complexity index is 456. The average molecular weight is 337 g/mol. The maximum atomic E-state index is 12.3. The number of hydrogen-bond donors (Lipinski definition) is 1. The van der Waals surface area contributed by atoms with Crippen LogP contribution in [0.4, 0.5) is 4.79 Å². The van der Waals surface area contributed by atoms with Crippen molar-refractivity contribution in [3.8, 4) is 0 Å². The molecule has 0 aromatic carbocycles. The highest BCUT2D eigenvalue weighted by molar-refractivity contribution is 5.81. The van der Waals surface area contributed by atoms with E-state index in [0.29, 0.717) is 32.8 Å². The van der Waals surface area contributed by atoms with E-state index in [1.54, 1.807) is 4.90 Å². The number of nitrogens with one attached hydrogen (secondary N) is 1. The van der Waals surface area contributed by atoms with Gasteiger partial charge < -0.3 is 15.0 Å². The minimum atomic E-state index is -0.255. The highest BCUT2D eigenvalue weighted by atomic mass is 16.6. The summed E-state index contributed by atoms with van der Waals surface area (Å²) in [7, 11) is 0. The summed E-state index contributed by atoms with van der Waals surface area (Å²) >= 11 is 0. The van der Waals surface area contributed by atoms with Crippen LogP contribution in [0.2, 0.25) is 0 Å². The molecule has 2 rings (SSSR count). The van der Waals surface area contributed by atoms with E-state index in [0.717, 1.165) is 13.0 Å². The Morgan fingerprint density at radius 3 is 2.62 bits per heavy atom. The molecule has 1 fully saturated rings. The van der Waals surface area contributed by atoms with Gasteiger partial charge in [-0.1, -0.05) is 11.6 Å². The number of carbonyl (C=O) groups is 2. The molecule has 0 radical (unpaired) electrons. The first kappa shape index (κ1) is 18.8. The predicted molar refractivity (Wildman–Crippen MR) is 93.8 cm³/mol. The van der Waals surface area contributed by atoms with Gasteiger partial charge in [0.1, 0.15) is 0 Å². The fourth-order valence-electron chi connectivity index (χ4n) is 3.30. The maximum Gasteiger partial charge on any atom is 0.409 e. The molecule has 24 heavy (non-hydrogen) atoms. The second kappa shape index (κ2) is 9.67. The van der Waals surface area contributed by atoms with Crippen molar-refractivity contribution < 1.29 is 14.3 Å². The van der Waals surface area contributed by atoms with E-state index in [1.165, 1.54) is 31.3 Å². The topological polar surface area (TPSA) is 61.9 Å². The zero-order valence-electron chi connectivity index (χ0n) is 15.1. The molecular weight excluding hydrogens is 306 g/mol. The smallest absolute Gasteiger partial charge is 0.409 e. The third-order valence-electron chi connectivity index (χ3n) is 4.90. The molecule has 0 aromatic heterocycles.